The lowest BCUT2D eigenvalue weighted by Crippen LogP contribution is -2.40. The maximum absolute atomic E-state index is 5.96. The number of ether oxygens (including phenoxy) is 1. The van der Waals surface area contributed by atoms with E-state index in [9.17, 15) is 0 Å². The summed E-state index contributed by atoms with van der Waals surface area (Å²) in [5.74, 6) is 1.35. The Bertz CT molecular complexity index is 633. The number of thiophene rings is 1. The highest BCUT2D eigenvalue weighted by Gasteiger charge is 2.29. The highest BCUT2D eigenvalue weighted by atomic mass is 127. The summed E-state index contributed by atoms with van der Waals surface area (Å²) in [5, 5.41) is 8.90. The van der Waals surface area contributed by atoms with E-state index in [0.717, 1.165) is 38.6 Å². The molecule has 3 rings (SSSR count). The van der Waals surface area contributed by atoms with Gasteiger partial charge in [0.1, 0.15) is 0 Å². The summed E-state index contributed by atoms with van der Waals surface area (Å²) in [7, 11) is 0. The number of aliphatic imine (C=N–C) groups is 1. The fourth-order valence-corrected chi connectivity index (χ4v) is 3.61. The van der Waals surface area contributed by atoms with Crippen molar-refractivity contribution in [3.8, 4) is 0 Å². The molecule has 0 radical (unpaired) electrons. The van der Waals surface area contributed by atoms with Crippen molar-refractivity contribution in [2.24, 2.45) is 10.9 Å². The maximum atomic E-state index is 5.96. The zero-order chi connectivity index (χ0) is 16.6. The summed E-state index contributed by atoms with van der Waals surface area (Å²) in [5.41, 5.74) is 1.27. The molecule has 136 valence electrons. The number of nitrogens with one attached hydrogen (secondary N) is 2. The van der Waals surface area contributed by atoms with Crippen LogP contribution in [-0.4, -0.2) is 25.7 Å². The van der Waals surface area contributed by atoms with E-state index in [0.29, 0.717) is 5.92 Å². The number of rotatable bonds is 6. The Morgan fingerprint density at radius 2 is 2.04 bits per heavy atom. The van der Waals surface area contributed by atoms with Gasteiger partial charge in [0.15, 0.2) is 5.96 Å². The molecule has 0 spiro atoms. The van der Waals surface area contributed by atoms with Crippen LogP contribution < -0.4 is 10.6 Å². The van der Waals surface area contributed by atoms with Crippen LogP contribution in [0.1, 0.15) is 29.9 Å². The van der Waals surface area contributed by atoms with E-state index in [-0.39, 0.29) is 30.1 Å². The fourth-order valence-electron chi connectivity index (χ4n) is 2.98. The lowest BCUT2D eigenvalue weighted by Gasteiger charge is -2.20. The molecule has 2 aromatic rings. The topological polar surface area (TPSA) is 45.7 Å². The van der Waals surface area contributed by atoms with E-state index in [1.807, 2.05) is 6.07 Å². The van der Waals surface area contributed by atoms with Crippen molar-refractivity contribution in [3.63, 3.8) is 0 Å². The van der Waals surface area contributed by atoms with Gasteiger partial charge in [0.05, 0.1) is 12.6 Å². The molecule has 2 N–H and O–H groups in total. The van der Waals surface area contributed by atoms with E-state index in [4.69, 9.17) is 4.74 Å². The third kappa shape index (κ3) is 5.97. The highest BCUT2D eigenvalue weighted by molar-refractivity contribution is 14.0. The summed E-state index contributed by atoms with van der Waals surface area (Å²) in [6, 6.07) is 14.7. The zero-order valence-electron chi connectivity index (χ0n) is 14.5. The van der Waals surface area contributed by atoms with E-state index in [1.54, 1.807) is 11.3 Å². The molecule has 1 aliphatic heterocycles. The normalized spacial score (nSPS) is 20.1. The van der Waals surface area contributed by atoms with Gasteiger partial charge in [0.25, 0.3) is 0 Å². The number of halogens is 1. The molecule has 25 heavy (non-hydrogen) atoms. The fraction of sp³-hybridized carbons (Fsp3) is 0.421. The minimum Gasteiger partial charge on any atom is -0.373 e. The summed E-state index contributed by atoms with van der Waals surface area (Å²) in [6.07, 6.45) is 1.26. The molecule has 6 heteroatoms. The van der Waals surface area contributed by atoms with Crippen molar-refractivity contribution in [2.45, 2.75) is 26.0 Å². The number of guanidine groups is 1. The number of hydrogen-bond donors (Lipinski definition) is 2. The molecule has 1 aromatic heterocycles. The van der Waals surface area contributed by atoms with E-state index in [2.05, 4.69) is 64.3 Å². The number of hydrogen-bond acceptors (Lipinski definition) is 3. The van der Waals surface area contributed by atoms with Crippen LogP contribution in [0.4, 0.5) is 0 Å². The van der Waals surface area contributed by atoms with Crippen LogP contribution in [0.15, 0.2) is 52.8 Å². The van der Waals surface area contributed by atoms with Gasteiger partial charge in [-0.15, -0.1) is 35.3 Å². The second-order valence-electron chi connectivity index (χ2n) is 5.91. The first-order valence-corrected chi connectivity index (χ1v) is 9.46. The van der Waals surface area contributed by atoms with Crippen molar-refractivity contribution in [1.29, 1.82) is 0 Å². The second-order valence-corrected chi connectivity index (χ2v) is 6.94. The quantitative estimate of drug-likeness (QED) is 0.377. The van der Waals surface area contributed by atoms with Crippen LogP contribution in [0.25, 0.3) is 0 Å². The summed E-state index contributed by atoms with van der Waals surface area (Å²) >= 11 is 1.74. The SMILES string of the molecule is CCNC(=NCc1cccs1)NCC1CCOC1c1ccccc1.I. The standard InChI is InChI=1S/C19H25N3OS.HI/c1-2-20-19(22-14-17-9-6-12-24-17)21-13-16-10-11-23-18(16)15-7-4-3-5-8-15;/h3-9,12,16,18H,2,10-11,13-14H2,1H3,(H2,20,21,22);1H. The van der Waals surface area contributed by atoms with Gasteiger partial charge < -0.3 is 15.4 Å². The predicted molar refractivity (Wildman–Crippen MR) is 116 cm³/mol. The van der Waals surface area contributed by atoms with Gasteiger partial charge in [-0.1, -0.05) is 36.4 Å². The molecule has 0 saturated carbocycles. The second kappa shape index (κ2) is 10.8. The average molecular weight is 471 g/mol. The van der Waals surface area contributed by atoms with Gasteiger partial charge in [0, 0.05) is 30.5 Å². The lowest BCUT2D eigenvalue weighted by atomic mass is 9.95. The molecule has 2 heterocycles. The molecule has 1 fully saturated rings. The van der Waals surface area contributed by atoms with Gasteiger partial charge >= 0.3 is 0 Å². The molecule has 1 aromatic carbocycles. The largest absolute Gasteiger partial charge is 0.373 e. The first-order chi connectivity index (χ1) is 11.9. The molecular weight excluding hydrogens is 445 g/mol. The summed E-state index contributed by atoms with van der Waals surface area (Å²) < 4.78 is 5.96. The number of benzene rings is 1. The van der Waals surface area contributed by atoms with E-state index >= 15 is 0 Å². The third-order valence-corrected chi connectivity index (χ3v) is 5.05. The molecule has 0 amide bonds. The zero-order valence-corrected chi connectivity index (χ0v) is 17.6. The third-order valence-electron chi connectivity index (χ3n) is 4.19. The van der Waals surface area contributed by atoms with Gasteiger partial charge in [0.2, 0.25) is 0 Å². The Balaban J connectivity index is 0.00000225. The van der Waals surface area contributed by atoms with Crippen LogP contribution in [-0.2, 0) is 11.3 Å². The van der Waals surface area contributed by atoms with Crippen molar-refractivity contribution < 1.29 is 4.74 Å². The molecule has 1 aliphatic rings. The Kier molecular flexibility index (Phi) is 8.71. The smallest absolute Gasteiger partial charge is 0.191 e. The van der Waals surface area contributed by atoms with Crippen LogP contribution >= 0.6 is 35.3 Å². The first kappa shape index (κ1) is 20.2. The van der Waals surface area contributed by atoms with Crippen molar-refractivity contribution in [1.82, 2.24) is 10.6 Å². The molecule has 2 unspecified atom stereocenters. The van der Waals surface area contributed by atoms with E-state index in [1.165, 1.54) is 10.4 Å². The molecule has 0 aliphatic carbocycles. The van der Waals surface area contributed by atoms with Crippen molar-refractivity contribution in [2.75, 3.05) is 19.7 Å². The average Bonchev–Trinajstić information content (AvgIpc) is 3.29. The van der Waals surface area contributed by atoms with Gasteiger partial charge in [-0.25, -0.2) is 4.99 Å². The van der Waals surface area contributed by atoms with Crippen LogP contribution in [0.3, 0.4) is 0 Å². The first-order valence-electron chi connectivity index (χ1n) is 8.58. The van der Waals surface area contributed by atoms with Crippen LogP contribution in [0.5, 0.6) is 0 Å². The summed E-state index contributed by atoms with van der Waals surface area (Å²) in [4.78, 5) is 5.96. The molecule has 1 saturated heterocycles. The van der Waals surface area contributed by atoms with E-state index < -0.39 is 0 Å². The Labute approximate surface area is 171 Å². The van der Waals surface area contributed by atoms with Crippen LogP contribution in [0.2, 0.25) is 0 Å². The summed E-state index contributed by atoms with van der Waals surface area (Å²) in [6.45, 7) is 5.37. The molecule has 2 atom stereocenters. The Morgan fingerprint density at radius 1 is 1.20 bits per heavy atom. The van der Waals surface area contributed by atoms with Crippen molar-refractivity contribution >= 4 is 41.3 Å². The Morgan fingerprint density at radius 3 is 2.76 bits per heavy atom. The highest BCUT2D eigenvalue weighted by Crippen LogP contribution is 2.33. The monoisotopic (exact) mass is 471 g/mol. The minimum atomic E-state index is 0. The maximum Gasteiger partial charge on any atom is 0.191 e. The van der Waals surface area contributed by atoms with Gasteiger partial charge in [-0.3, -0.25) is 0 Å². The molecular formula is C19H26IN3OS. The van der Waals surface area contributed by atoms with Gasteiger partial charge in [-0.05, 0) is 30.4 Å². The minimum absolute atomic E-state index is 0. The number of nitrogens with zero attached hydrogens (tertiary/aromatic N) is 1. The molecule has 0 bridgehead atoms. The molecule has 4 nitrogen and oxygen atoms in total. The van der Waals surface area contributed by atoms with Crippen molar-refractivity contribution in [3.05, 3.63) is 58.3 Å². The van der Waals surface area contributed by atoms with Crippen LogP contribution in [0, 0.1) is 5.92 Å². The Hall–Kier alpha value is -1.12. The predicted octanol–water partition coefficient (Wildman–Crippen LogP) is 4.20. The lowest BCUT2D eigenvalue weighted by molar-refractivity contribution is 0.0915. The van der Waals surface area contributed by atoms with Gasteiger partial charge in [-0.2, -0.15) is 0 Å².